The monoisotopic (exact) mass is 1220 g/mol. The number of carboxylic acid groups (broad SMARTS) is 6. The van der Waals surface area contributed by atoms with Crippen LogP contribution in [0.2, 0.25) is 0 Å². The van der Waals surface area contributed by atoms with Crippen LogP contribution in [0.15, 0.2) is 221 Å². The number of rotatable bonds is 32. The highest BCUT2D eigenvalue weighted by molar-refractivity contribution is 5.90. The lowest BCUT2D eigenvalue weighted by atomic mass is 10.1. The quantitative estimate of drug-likeness (QED) is 0.0169. The molecule has 0 saturated heterocycles. The number of benzene rings is 6. The Morgan fingerprint density at radius 2 is 0.674 bits per heavy atom. The highest BCUT2D eigenvalue weighted by atomic mass is 16.5. The van der Waals surface area contributed by atoms with Gasteiger partial charge in [-0.1, -0.05) is 121 Å². The summed E-state index contributed by atoms with van der Waals surface area (Å²) in [6, 6.07) is 40.0. The van der Waals surface area contributed by atoms with Crippen molar-refractivity contribution in [1.29, 1.82) is 0 Å². The molecule has 6 aromatic carbocycles. The minimum atomic E-state index is -0.920. The van der Waals surface area contributed by atoms with E-state index in [0.717, 1.165) is 57.4 Å². The van der Waals surface area contributed by atoms with E-state index >= 15 is 0 Å². The first-order valence-corrected chi connectivity index (χ1v) is 27.7. The molecule has 0 aliphatic heterocycles. The van der Waals surface area contributed by atoms with E-state index < -0.39 is 35.8 Å². The first-order valence-electron chi connectivity index (χ1n) is 27.7. The molecular formula is C71H82O18. The van der Waals surface area contributed by atoms with Crippen LogP contribution < -0.4 is 0 Å². The summed E-state index contributed by atoms with van der Waals surface area (Å²) in [6.07, 6.45) is 8.61. The third-order valence-electron chi connectivity index (χ3n) is 11.2. The number of aromatic carboxylic acids is 6. The van der Waals surface area contributed by atoms with Crippen LogP contribution in [0.3, 0.4) is 0 Å². The van der Waals surface area contributed by atoms with Gasteiger partial charge in [0.25, 0.3) is 0 Å². The van der Waals surface area contributed by atoms with Gasteiger partial charge < -0.3 is 59.1 Å². The van der Waals surface area contributed by atoms with E-state index in [9.17, 15) is 28.8 Å². The van der Waals surface area contributed by atoms with E-state index in [2.05, 4.69) is 39.5 Å². The molecule has 474 valence electrons. The molecule has 1 unspecified atom stereocenters. The van der Waals surface area contributed by atoms with Crippen LogP contribution in [0.1, 0.15) is 129 Å². The maximum atomic E-state index is 10.7. The smallest absolute Gasteiger partial charge is 0.335 e. The molecule has 0 fully saturated rings. The molecule has 0 saturated carbocycles. The van der Waals surface area contributed by atoms with Crippen molar-refractivity contribution in [3.05, 3.63) is 287 Å². The standard InChI is InChI=1S/5C12H14O3.C11H12O3/c1-9(2)7-15-8-10-3-5-11(6-4-10)12(13)14;1-9(2)7-15-8-10-4-3-5-11(6-10)12(13)14;1-3-9(2)15-8-10-4-6-11(7-5-10)12(13)14;1-2-3-8-15-9-10-4-6-11(7-5-10)12(13)14;1-2-3-7-15-9-10-5-4-6-11(8-10)12(13)14;1-2-7-14-8-9-3-5-10(6-4-9)11(12)13/h2*3-6H,1,7-8H2,2H3,(H,13,14);3-7,9H,1,8H2,2H3,(H,13,14);2,4-7H,1,3,8-9H2,(H,13,14);2,4-6,8H,1,3,7,9H2,(H,13,14);2-6H,1,7-8H2,(H,12,13). The van der Waals surface area contributed by atoms with E-state index in [-0.39, 0.29) is 22.8 Å². The van der Waals surface area contributed by atoms with Gasteiger partial charge >= 0.3 is 35.8 Å². The van der Waals surface area contributed by atoms with Gasteiger partial charge in [-0.3, -0.25) is 0 Å². The van der Waals surface area contributed by atoms with Gasteiger partial charge in [-0.25, -0.2) is 28.8 Å². The normalized spacial score (nSPS) is 10.2. The molecule has 0 heterocycles. The second-order valence-corrected chi connectivity index (χ2v) is 19.2. The number of carboxylic acids is 6. The van der Waals surface area contributed by atoms with E-state index in [1.165, 1.54) is 0 Å². The van der Waals surface area contributed by atoms with E-state index in [4.69, 9.17) is 59.1 Å². The van der Waals surface area contributed by atoms with Crippen molar-refractivity contribution in [3.8, 4) is 0 Å². The fraction of sp³-hybridized carbons (Fsp3) is 0.239. The summed E-state index contributed by atoms with van der Waals surface area (Å²) >= 11 is 0. The summed E-state index contributed by atoms with van der Waals surface area (Å²) in [4.78, 5) is 63.6. The molecule has 0 spiro atoms. The van der Waals surface area contributed by atoms with Crippen LogP contribution in [0.5, 0.6) is 0 Å². The molecule has 0 amide bonds. The van der Waals surface area contributed by atoms with Crippen molar-refractivity contribution in [2.75, 3.05) is 33.0 Å². The average Bonchev–Trinajstić information content (AvgIpc) is 3.73. The summed E-state index contributed by atoms with van der Waals surface area (Å²) in [5.41, 5.74) is 9.23. The SMILES string of the molecule is C=C(C)COCc1ccc(C(=O)O)cc1.C=C(C)COCc1cccc(C(=O)O)c1.C=CC(C)OCc1ccc(C(=O)O)cc1.C=CCCOCc1ccc(C(=O)O)cc1.C=CCCOCc1cccc(C(=O)O)c1.C=CCOCc1ccc(C(=O)O)cc1. The molecule has 0 bridgehead atoms. The first kappa shape index (κ1) is 77.4. The third kappa shape index (κ3) is 37.5. The summed E-state index contributed by atoms with van der Waals surface area (Å²) in [7, 11) is 0. The van der Waals surface area contributed by atoms with E-state index in [0.29, 0.717) is 89.4 Å². The fourth-order valence-corrected chi connectivity index (χ4v) is 6.52. The Balaban J connectivity index is 0.000000534. The topological polar surface area (TPSA) is 279 Å². The lowest BCUT2D eigenvalue weighted by Crippen LogP contribution is -2.04. The van der Waals surface area contributed by atoms with E-state index in [1.807, 2.05) is 32.9 Å². The largest absolute Gasteiger partial charge is 0.478 e. The Kier molecular flexibility index (Phi) is 40.5. The van der Waals surface area contributed by atoms with Gasteiger partial charge in [0, 0.05) is 0 Å². The third-order valence-corrected chi connectivity index (χ3v) is 11.2. The van der Waals surface area contributed by atoms with Crippen LogP contribution in [0.4, 0.5) is 0 Å². The minimum Gasteiger partial charge on any atom is -0.478 e. The fourth-order valence-electron chi connectivity index (χ4n) is 6.52. The molecule has 0 radical (unpaired) electrons. The number of carbonyl (C=O) groups is 6. The van der Waals surface area contributed by atoms with E-state index in [1.54, 1.807) is 158 Å². The van der Waals surface area contributed by atoms with Gasteiger partial charge in [0.15, 0.2) is 0 Å². The van der Waals surface area contributed by atoms with Crippen molar-refractivity contribution >= 4 is 35.8 Å². The van der Waals surface area contributed by atoms with Gasteiger partial charge in [0.2, 0.25) is 0 Å². The Bertz CT molecular complexity index is 3140. The van der Waals surface area contributed by atoms with Crippen LogP contribution in [0, 0.1) is 0 Å². The number of hydrogen-bond acceptors (Lipinski definition) is 12. The molecular weight excluding hydrogens is 1140 g/mol. The number of ether oxygens (including phenoxy) is 6. The summed E-state index contributed by atoms with van der Waals surface area (Å²) in [5, 5.41) is 52.2. The second-order valence-electron chi connectivity index (χ2n) is 19.2. The Hall–Kier alpha value is -9.66. The summed E-state index contributed by atoms with van der Waals surface area (Å²) < 4.78 is 31.9. The molecule has 18 nitrogen and oxygen atoms in total. The molecule has 6 aromatic rings. The van der Waals surface area contributed by atoms with Crippen molar-refractivity contribution in [2.45, 2.75) is 79.4 Å². The van der Waals surface area contributed by atoms with Crippen molar-refractivity contribution < 1.29 is 87.8 Å². The van der Waals surface area contributed by atoms with Crippen molar-refractivity contribution in [1.82, 2.24) is 0 Å². The van der Waals surface area contributed by atoms with Crippen LogP contribution in [0.25, 0.3) is 0 Å². The van der Waals surface area contributed by atoms with Gasteiger partial charge in [-0.2, -0.15) is 0 Å². The van der Waals surface area contributed by atoms with Crippen LogP contribution in [-0.4, -0.2) is 106 Å². The summed E-state index contributed by atoms with van der Waals surface area (Å²) in [5.74, 6) is -5.48. The molecule has 6 rings (SSSR count). The van der Waals surface area contributed by atoms with Crippen molar-refractivity contribution in [3.63, 3.8) is 0 Å². The molecule has 0 aromatic heterocycles. The highest BCUT2D eigenvalue weighted by Gasteiger charge is 2.07. The molecule has 0 aliphatic rings. The zero-order chi connectivity index (χ0) is 66.4. The van der Waals surface area contributed by atoms with Crippen LogP contribution >= 0.6 is 0 Å². The Morgan fingerprint density at radius 1 is 0.382 bits per heavy atom. The van der Waals surface area contributed by atoms with Crippen LogP contribution in [-0.2, 0) is 68.1 Å². The zero-order valence-electron chi connectivity index (χ0n) is 50.8. The number of hydrogen-bond donors (Lipinski definition) is 6. The first-order chi connectivity index (χ1) is 42.5. The maximum absolute atomic E-state index is 10.7. The average molecular weight is 1220 g/mol. The lowest BCUT2D eigenvalue weighted by molar-refractivity contribution is 0.0685. The lowest BCUT2D eigenvalue weighted by Gasteiger charge is -2.08. The minimum absolute atomic E-state index is 0.00384. The second kappa shape index (κ2) is 46.5. The van der Waals surface area contributed by atoms with Gasteiger partial charge in [-0.05, 0) is 140 Å². The Labute approximate surface area is 521 Å². The zero-order valence-corrected chi connectivity index (χ0v) is 50.8. The van der Waals surface area contributed by atoms with Gasteiger partial charge in [0.1, 0.15) is 0 Å². The molecule has 6 N–H and O–H groups in total. The molecule has 18 heteroatoms. The van der Waals surface area contributed by atoms with Crippen molar-refractivity contribution in [2.24, 2.45) is 0 Å². The summed E-state index contributed by atoms with van der Waals surface area (Å²) in [6.45, 7) is 33.0. The maximum Gasteiger partial charge on any atom is 0.335 e. The van der Waals surface area contributed by atoms with Gasteiger partial charge in [-0.15, -0.1) is 26.3 Å². The predicted molar refractivity (Wildman–Crippen MR) is 343 cm³/mol. The van der Waals surface area contributed by atoms with Gasteiger partial charge in [0.05, 0.1) is 112 Å². The predicted octanol–water partition coefficient (Wildman–Crippen LogP) is 14.5. The highest BCUT2D eigenvalue weighted by Crippen LogP contribution is 2.12. The Morgan fingerprint density at radius 3 is 0.966 bits per heavy atom. The molecule has 89 heavy (non-hydrogen) atoms. The molecule has 0 aliphatic carbocycles. The molecule has 1 atom stereocenters.